The van der Waals surface area contributed by atoms with Crippen molar-refractivity contribution < 1.29 is 9.90 Å². The van der Waals surface area contributed by atoms with Crippen molar-refractivity contribution in [3.05, 3.63) is 77.4 Å². The molecule has 0 saturated carbocycles. The van der Waals surface area contributed by atoms with Crippen LogP contribution in [0.4, 0.5) is 0 Å². The molecular weight excluding hydrogens is 334 g/mol. The van der Waals surface area contributed by atoms with E-state index in [0.29, 0.717) is 5.92 Å². The minimum Gasteiger partial charge on any atom is -0.508 e. The molecule has 3 aromatic carbocycles. The van der Waals surface area contributed by atoms with Gasteiger partial charge in [-0.2, -0.15) is 0 Å². The van der Waals surface area contributed by atoms with Crippen molar-refractivity contribution in [1.82, 2.24) is 5.32 Å². The quantitative estimate of drug-likeness (QED) is 0.628. The second kappa shape index (κ2) is 7.83. The Hall–Kier alpha value is -2.81. The van der Waals surface area contributed by atoms with Gasteiger partial charge in [0.25, 0.3) is 0 Å². The van der Waals surface area contributed by atoms with Crippen LogP contribution in [0.5, 0.6) is 5.75 Å². The lowest BCUT2D eigenvalue weighted by atomic mass is 9.91. The molecule has 0 aliphatic rings. The maximum atomic E-state index is 12.5. The number of aromatic hydroxyl groups is 1. The summed E-state index contributed by atoms with van der Waals surface area (Å²) < 4.78 is 0. The van der Waals surface area contributed by atoms with Gasteiger partial charge in [-0.15, -0.1) is 0 Å². The topological polar surface area (TPSA) is 49.3 Å². The molecule has 0 radical (unpaired) electrons. The molecule has 3 rings (SSSR count). The van der Waals surface area contributed by atoms with Crippen LogP contribution >= 0.6 is 0 Å². The summed E-state index contributed by atoms with van der Waals surface area (Å²) in [4.78, 5) is 12.5. The van der Waals surface area contributed by atoms with Gasteiger partial charge in [0.2, 0.25) is 5.91 Å². The third-order valence-corrected chi connectivity index (χ3v) is 4.98. The smallest absolute Gasteiger partial charge is 0.223 e. The molecule has 140 valence electrons. The summed E-state index contributed by atoms with van der Waals surface area (Å²) in [5.74, 6) is 0.448. The van der Waals surface area contributed by atoms with Crippen molar-refractivity contribution in [1.29, 1.82) is 0 Å². The number of carbonyl (C=O) groups excluding carboxylic acids is 1. The number of phenols is 1. The fraction of sp³-hybridized carbons (Fsp3) is 0.292. The van der Waals surface area contributed by atoms with Crippen LogP contribution in [-0.2, 0) is 4.79 Å². The first kappa shape index (κ1) is 19.0. The first-order valence-corrected chi connectivity index (χ1v) is 9.49. The summed E-state index contributed by atoms with van der Waals surface area (Å²) in [5.41, 5.74) is 2.94. The number of fused-ring (bicyclic) bond motifs is 1. The number of hydrogen-bond acceptors (Lipinski definition) is 2. The highest BCUT2D eigenvalue weighted by molar-refractivity contribution is 5.89. The van der Waals surface area contributed by atoms with Crippen molar-refractivity contribution in [2.75, 3.05) is 0 Å². The normalized spacial score (nSPS) is 12.5. The Morgan fingerprint density at radius 3 is 2.11 bits per heavy atom. The predicted octanol–water partition coefficient (Wildman–Crippen LogP) is 5.53. The maximum Gasteiger partial charge on any atom is 0.223 e. The lowest BCUT2D eigenvalue weighted by Gasteiger charge is -2.24. The Bertz CT molecular complexity index is 942. The van der Waals surface area contributed by atoms with Crippen LogP contribution in [0.3, 0.4) is 0 Å². The van der Waals surface area contributed by atoms with Crippen LogP contribution in [-0.4, -0.2) is 11.0 Å². The van der Waals surface area contributed by atoms with Crippen LogP contribution in [0.1, 0.15) is 56.3 Å². The predicted molar refractivity (Wildman–Crippen MR) is 111 cm³/mol. The zero-order valence-electron chi connectivity index (χ0n) is 16.4. The molecule has 0 aliphatic carbocycles. The molecule has 1 amide bonds. The van der Waals surface area contributed by atoms with Crippen LogP contribution in [0.25, 0.3) is 10.8 Å². The number of carbonyl (C=O) groups is 1. The summed E-state index contributed by atoms with van der Waals surface area (Å²) in [5, 5.41) is 15.8. The van der Waals surface area contributed by atoms with Gasteiger partial charge in [0.15, 0.2) is 0 Å². The van der Waals surface area contributed by atoms with E-state index in [-0.39, 0.29) is 17.6 Å². The van der Waals surface area contributed by atoms with Gasteiger partial charge in [-0.05, 0) is 33.9 Å². The molecule has 0 bridgehead atoms. The van der Waals surface area contributed by atoms with Gasteiger partial charge < -0.3 is 10.4 Å². The van der Waals surface area contributed by atoms with Gasteiger partial charge in [-0.3, -0.25) is 4.79 Å². The van der Waals surface area contributed by atoms with Gasteiger partial charge in [-0.25, -0.2) is 0 Å². The number of hydrogen-bond donors (Lipinski definition) is 2. The standard InChI is InChI=1S/C24H27NO2/c1-15(2)17-9-11-19(12-10-17)23(25-24(27)16(3)4)22-20-8-6-5-7-18(20)13-14-21(22)26/h5-16,23,26H,1-4H3,(H,25,27)/t23-/m1/s1. The van der Waals surface area contributed by atoms with E-state index in [1.54, 1.807) is 6.07 Å². The van der Waals surface area contributed by atoms with Crippen LogP contribution in [0.2, 0.25) is 0 Å². The minimum absolute atomic E-state index is 0.0414. The van der Waals surface area contributed by atoms with Crippen molar-refractivity contribution in [2.24, 2.45) is 5.92 Å². The zero-order valence-corrected chi connectivity index (χ0v) is 16.4. The molecule has 0 aromatic heterocycles. The van der Waals surface area contributed by atoms with E-state index >= 15 is 0 Å². The van der Waals surface area contributed by atoms with Crippen LogP contribution in [0, 0.1) is 5.92 Å². The highest BCUT2D eigenvalue weighted by Crippen LogP contribution is 2.36. The van der Waals surface area contributed by atoms with Crippen molar-refractivity contribution in [3.8, 4) is 5.75 Å². The SMILES string of the molecule is CC(C)C(=O)N[C@H](c1ccc(C(C)C)cc1)c1c(O)ccc2ccccc12. The molecule has 3 aromatic rings. The summed E-state index contributed by atoms with van der Waals surface area (Å²) in [6, 6.07) is 19.4. The largest absolute Gasteiger partial charge is 0.508 e. The summed E-state index contributed by atoms with van der Waals surface area (Å²) in [7, 11) is 0. The van der Waals surface area contributed by atoms with Crippen LogP contribution in [0.15, 0.2) is 60.7 Å². The average Bonchev–Trinajstić information content (AvgIpc) is 2.66. The summed E-state index contributed by atoms with van der Waals surface area (Å²) in [6.45, 7) is 8.06. The second-order valence-corrected chi connectivity index (χ2v) is 7.64. The molecule has 0 saturated heterocycles. The van der Waals surface area contributed by atoms with Crippen molar-refractivity contribution in [3.63, 3.8) is 0 Å². The molecule has 0 fully saturated rings. The zero-order chi connectivity index (χ0) is 19.6. The number of amides is 1. The molecule has 2 N–H and O–H groups in total. The third-order valence-electron chi connectivity index (χ3n) is 4.98. The molecule has 1 atom stereocenters. The van der Waals surface area contributed by atoms with Gasteiger partial charge in [-0.1, -0.05) is 82.3 Å². The summed E-state index contributed by atoms with van der Waals surface area (Å²) in [6.07, 6.45) is 0. The Morgan fingerprint density at radius 2 is 1.48 bits per heavy atom. The Balaban J connectivity index is 2.16. The van der Waals surface area contributed by atoms with E-state index in [4.69, 9.17) is 0 Å². The molecule has 3 nitrogen and oxygen atoms in total. The third kappa shape index (κ3) is 3.97. The van der Waals surface area contributed by atoms with E-state index in [0.717, 1.165) is 21.9 Å². The number of phenolic OH excluding ortho intramolecular Hbond substituents is 1. The number of nitrogens with one attached hydrogen (secondary N) is 1. The molecule has 0 heterocycles. The number of benzene rings is 3. The molecule has 0 aliphatic heterocycles. The molecular formula is C24H27NO2. The first-order chi connectivity index (χ1) is 12.9. The number of rotatable bonds is 5. The Kier molecular flexibility index (Phi) is 5.50. The fourth-order valence-corrected chi connectivity index (χ4v) is 3.29. The second-order valence-electron chi connectivity index (χ2n) is 7.64. The van der Waals surface area contributed by atoms with Crippen molar-refractivity contribution in [2.45, 2.75) is 39.7 Å². The molecule has 27 heavy (non-hydrogen) atoms. The highest BCUT2D eigenvalue weighted by atomic mass is 16.3. The lowest BCUT2D eigenvalue weighted by Crippen LogP contribution is -2.32. The lowest BCUT2D eigenvalue weighted by molar-refractivity contribution is -0.124. The average molecular weight is 361 g/mol. The van der Waals surface area contributed by atoms with E-state index in [9.17, 15) is 9.90 Å². The monoisotopic (exact) mass is 361 g/mol. The van der Waals surface area contributed by atoms with Crippen molar-refractivity contribution >= 4 is 16.7 Å². The van der Waals surface area contributed by atoms with E-state index in [2.05, 4.69) is 31.3 Å². The Labute approximate surface area is 161 Å². The Morgan fingerprint density at radius 1 is 0.852 bits per heavy atom. The minimum atomic E-state index is -0.410. The van der Waals surface area contributed by atoms with E-state index in [1.165, 1.54) is 5.56 Å². The van der Waals surface area contributed by atoms with Gasteiger partial charge in [0, 0.05) is 11.5 Å². The van der Waals surface area contributed by atoms with Gasteiger partial charge in [0.05, 0.1) is 6.04 Å². The summed E-state index contributed by atoms with van der Waals surface area (Å²) >= 11 is 0. The highest BCUT2D eigenvalue weighted by Gasteiger charge is 2.23. The van der Waals surface area contributed by atoms with E-state index in [1.807, 2.05) is 56.3 Å². The van der Waals surface area contributed by atoms with Crippen LogP contribution < -0.4 is 5.32 Å². The van der Waals surface area contributed by atoms with Gasteiger partial charge in [0.1, 0.15) is 5.75 Å². The fourth-order valence-electron chi connectivity index (χ4n) is 3.29. The maximum absolute atomic E-state index is 12.5. The van der Waals surface area contributed by atoms with E-state index < -0.39 is 6.04 Å². The molecule has 0 spiro atoms. The molecule has 3 heteroatoms. The molecule has 0 unspecified atom stereocenters. The van der Waals surface area contributed by atoms with Gasteiger partial charge >= 0.3 is 0 Å². The first-order valence-electron chi connectivity index (χ1n) is 9.49.